The van der Waals surface area contributed by atoms with Crippen LogP contribution in [0.5, 0.6) is 0 Å². The van der Waals surface area contributed by atoms with Crippen LogP contribution in [0.1, 0.15) is 31.4 Å². The third kappa shape index (κ3) is 4.37. The van der Waals surface area contributed by atoms with Crippen molar-refractivity contribution in [2.75, 3.05) is 7.11 Å². The molecule has 0 aromatic heterocycles. The normalized spacial score (nSPS) is 13.6. The molecule has 1 aromatic carbocycles. The van der Waals surface area contributed by atoms with Gasteiger partial charge in [-0.3, -0.25) is 4.79 Å². The number of rotatable bonds is 7. The molecule has 0 saturated heterocycles. The molecule has 2 atom stereocenters. The van der Waals surface area contributed by atoms with Crippen LogP contribution in [0.15, 0.2) is 30.3 Å². The molecule has 104 valence electrons. The van der Waals surface area contributed by atoms with Gasteiger partial charge in [-0.2, -0.15) is 0 Å². The van der Waals surface area contributed by atoms with E-state index in [2.05, 4.69) is 5.32 Å². The van der Waals surface area contributed by atoms with Gasteiger partial charge in [0.2, 0.25) is 0 Å². The first-order chi connectivity index (χ1) is 9.10. The van der Waals surface area contributed by atoms with E-state index in [1.165, 1.54) is 7.11 Å². The Morgan fingerprint density at radius 1 is 1.32 bits per heavy atom. The number of aliphatic carboxylic acids is 1. The standard InChI is InChI=1S/C14H19NO4/c1-3-7-11(14(17)18)15-13(16)12(19-2)10-8-5-4-6-9-10/h4-6,8-9,11-12H,3,7H2,1-2H3,(H,15,16)(H,17,18)/t11-,12?/m1/s1. The fraction of sp³-hybridized carbons (Fsp3) is 0.429. The SMILES string of the molecule is CCC[C@@H](NC(=O)C(OC)c1ccccc1)C(=O)O. The average molecular weight is 265 g/mol. The van der Waals surface area contributed by atoms with Crippen molar-refractivity contribution in [3.8, 4) is 0 Å². The highest BCUT2D eigenvalue weighted by atomic mass is 16.5. The minimum Gasteiger partial charge on any atom is -0.480 e. The lowest BCUT2D eigenvalue weighted by atomic mass is 10.1. The largest absolute Gasteiger partial charge is 0.480 e. The zero-order valence-corrected chi connectivity index (χ0v) is 11.1. The second kappa shape index (κ2) is 7.53. The van der Waals surface area contributed by atoms with E-state index in [4.69, 9.17) is 9.84 Å². The number of hydrogen-bond acceptors (Lipinski definition) is 3. The number of nitrogens with one attached hydrogen (secondary N) is 1. The molecule has 0 saturated carbocycles. The van der Waals surface area contributed by atoms with E-state index in [1.54, 1.807) is 24.3 Å². The predicted octanol–water partition coefficient (Wildman–Crippen LogP) is 1.74. The van der Waals surface area contributed by atoms with Gasteiger partial charge in [0.1, 0.15) is 6.04 Å². The summed E-state index contributed by atoms with van der Waals surface area (Å²) < 4.78 is 5.15. The van der Waals surface area contributed by atoms with Gasteiger partial charge in [0.05, 0.1) is 0 Å². The Morgan fingerprint density at radius 2 is 1.95 bits per heavy atom. The molecule has 5 heteroatoms. The van der Waals surface area contributed by atoms with Gasteiger partial charge in [-0.25, -0.2) is 4.79 Å². The summed E-state index contributed by atoms with van der Waals surface area (Å²) in [6.45, 7) is 1.87. The molecule has 1 amide bonds. The average Bonchev–Trinajstić information content (AvgIpc) is 2.40. The van der Waals surface area contributed by atoms with Crippen LogP contribution < -0.4 is 5.32 Å². The van der Waals surface area contributed by atoms with Gasteiger partial charge >= 0.3 is 5.97 Å². The summed E-state index contributed by atoms with van der Waals surface area (Å²) in [5.74, 6) is -1.47. The molecule has 1 aromatic rings. The van der Waals surface area contributed by atoms with Crippen molar-refractivity contribution in [1.29, 1.82) is 0 Å². The highest BCUT2D eigenvalue weighted by molar-refractivity contribution is 5.87. The Kier molecular flexibility index (Phi) is 6.02. The summed E-state index contributed by atoms with van der Waals surface area (Å²) in [6, 6.07) is 8.10. The summed E-state index contributed by atoms with van der Waals surface area (Å²) in [5.41, 5.74) is 0.697. The number of carbonyl (C=O) groups excluding carboxylic acids is 1. The van der Waals surface area contributed by atoms with Crippen LogP contribution >= 0.6 is 0 Å². The molecule has 0 bridgehead atoms. The van der Waals surface area contributed by atoms with Crippen LogP contribution in [0, 0.1) is 0 Å². The Hall–Kier alpha value is -1.88. The quantitative estimate of drug-likeness (QED) is 0.787. The second-order valence-corrected chi connectivity index (χ2v) is 4.21. The molecule has 1 rings (SSSR count). The maximum atomic E-state index is 12.1. The summed E-state index contributed by atoms with van der Waals surface area (Å²) in [6.07, 6.45) is 0.284. The smallest absolute Gasteiger partial charge is 0.326 e. The van der Waals surface area contributed by atoms with Crippen LogP contribution in [0.4, 0.5) is 0 Å². The molecular formula is C14H19NO4. The number of carbonyl (C=O) groups is 2. The predicted molar refractivity (Wildman–Crippen MR) is 70.7 cm³/mol. The maximum absolute atomic E-state index is 12.1. The molecular weight excluding hydrogens is 246 g/mol. The van der Waals surface area contributed by atoms with Crippen LogP contribution in [-0.2, 0) is 14.3 Å². The van der Waals surface area contributed by atoms with Crippen molar-refractivity contribution < 1.29 is 19.4 Å². The summed E-state index contributed by atoms with van der Waals surface area (Å²) in [7, 11) is 1.42. The molecule has 2 N–H and O–H groups in total. The number of carboxylic acids is 1. The van der Waals surface area contributed by atoms with E-state index in [0.29, 0.717) is 18.4 Å². The van der Waals surface area contributed by atoms with Gasteiger partial charge in [-0.1, -0.05) is 43.7 Å². The van der Waals surface area contributed by atoms with Gasteiger partial charge in [-0.15, -0.1) is 0 Å². The first kappa shape index (κ1) is 15.2. The zero-order chi connectivity index (χ0) is 14.3. The fourth-order valence-corrected chi connectivity index (χ4v) is 1.82. The van der Waals surface area contributed by atoms with E-state index in [-0.39, 0.29) is 0 Å². The molecule has 0 spiro atoms. The number of ether oxygens (including phenoxy) is 1. The van der Waals surface area contributed by atoms with E-state index < -0.39 is 24.0 Å². The lowest BCUT2D eigenvalue weighted by Gasteiger charge is -2.19. The maximum Gasteiger partial charge on any atom is 0.326 e. The third-order valence-corrected chi connectivity index (χ3v) is 2.77. The number of hydrogen-bond donors (Lipinski definition) is 2. The summed E-state index contributed by atoms with van der Waals surface area (Å²) in [4.78, 5) is 23.1. The summed E-state index contributed by atoms with van der Waals surface area (Å²) in [5, 5.41) is 11.5. The minimum atomic E-state index is -1.03. The minimum absolute atomic E-state index is 0.395. The first-order valence-electron chi connectivity index (χ1n) is 6.21. The van der Waals surface area contributed by atoms with Crippen LogP contribution in [0.3, 0.4) is 0 Å². The van der Waals surface area contributed by atoms with E-state index in [1.807, 2.05) is 13.0 Å². The van der Waals surface area contributed by atoms with Crippen molar-refractivity contribution in [2.45, 2.75) is 31.9 Å². The van der Waals surface area contributed by atoms with E-state index >= 15 is 0 Å². The molecule has 0 aliphatic carbocycles. The van der Waals surface area contributed by atoms with Crippen molar-refractivity contribution in [1.82, 2.24) is 5.32 Å². The Labute approximate surface area is 112 Å². The van der Waals surface area contributed by atoms with E-state index in [0.717, 1.165) is 0 Å². The molecule has 0 fully saturated rings. The molecule has 0 heterocycles. The lowest BCUT2D eigenvalue weighted by molar-refractivity contribution is -0.144. The number of amides is 1. The highest BCUT2D eigenvalue weighted by Gasteiger charge is 2.25. The third-order valence-electron chi connectivity index (χ3n) is 2.77. The Morgan fingerprint density at radius 3 is 2.42 bits per heavy atom. The van der Waals surface area contributed by atoms with E-state index in [9.17, 15) is 9.59 Å². The Balaban J connectivity index is 2.76. The molecule has 1 unspecified atom stereocenters. The van der Waals surface area contributed by atoms with Gasteiger partial charge in [0.25, 0.3) is 5.91 Å². The first-order valence-corrected chi connectivity index (χ1v) is 6.21. The molecule has 0 aliphatic heterocycles. The van der Waals surface area contributed by atoms with Crippen LogP contribution in [-0.4, -0.2) is 30.1 Å². The van der Waals surface area contributed by atoms with Crippen molar-refractivity contribution >= 4 is 11.9 Å². The second-order valence-electron chi connectivity index (χ2n) is 4.21. The van der Waals surface area contributed by atoms with Crippen molar-refractivity contribution in [3.05, 3.63) is 35.9 Å². The summed E-state index contributed by atoms with van der Waals surface area (Å²) >= 11 is 0. The van der Waals surface area contributed by atoms with Gasteiger partial charge in [-0.05, 0) is 12.0 Å². The fourth-order valence-electron chi connectivity index (χ4n) is 1.82. The number of benzene rings is 1. The Bertz CT molecular complexity index is 419. The van der Waals surface area contributed by atoms with Gasteiger partial charge < -0.3 is 15.2 Å². The van der Waals surface area contributed by atoms with Crippen molar-refractivity contribution in [3.63, 3.8) is 0 Å². The number of carboxylic acid groups (broad SMARTS) is 1. The topological polar surface area (TPSA) is 75.6 Å². The number of methoxy groups -OCH3 is 1. The molecule has 5 nitrogen and oxygen atoms in total. The van der Waals surface area contributed by atoms with Gasteiger partial charge in [0, 0.05) is 7.11 Å². The van der Waals surface area contributed by atoms with Gasteiger partial charge in [0.15, 0.2) is 6.10 Å². The van der Waals surface area contributed by atoms with Crippen molar-refractivity contribution in [2.24, 2.45) is 0 Å². The zero-order valence-electron chi connectivity index (χ0n) is 11.1. The highest BCUT2D eigenvalue weighted by Crippen LogP contribution is 2.16. The monoisotopic (exact) mass is 265 g/mol. The lowest BCUT2D eigenvalue weighted by Crippen LogP contribution is -2.43. The van der Waals surface area contributed by atoms with Crippen LogP contribution in [0.2, 0.25) is 0 Å². The molecule has 0 radical (unpaired) electrons. The molecule has 19 heavy (non-hydrogen) atoms. The van der Waals surface area contributed by atoms with Crippen LogP contribution in [0.25, 0.3) is 0 Å². The molecule has 0 aliphatic rings.